The van der Waals surface area contributed by atoms with E-state index in [0.29, 0.717) is 23.6 Å². The fourth-order valence-electron chi connectivity index (χ4n) is 2.77. The SMILES string of the molecule is Cc1ccc(C)c2c1C(=O)N(CC(N)C1CC1)C2=O. The van der Waals surface area contributed by atoms with Crippen LogP contribution in [0.3, 0.4) is 0 Å². The second-order valence-corrected chi connectivity index (χ2v) is 5.67. The number of nitrogens with zero attached hydrogens (tertiary/aromatic N) is 1. The average Bonchev–Trinajstić information content (AvgIpc) is 3.17. The Balaban J connectivity index is 1.95. The van der Waals surface area contributed by atoms with Gasteiger partial charge in [-0.05, 0) is 43.7 Å². The zero-order valence-corrected chi connectivity index (χ0v) is 11.3. The number of nitrogens with two attached hydrogens (primary N) is 1. The van der Waals surface area contributed by atoms with Crippen LogP contribution in [0.1, 0.15) is 44.7 Å². The maximum atomic E-state index is 12.4. The first-order valence-corrected chi connectivity index (χ1v) is 6.72. The summed E-state index contributed by atoms with van der Waals surface area (Å²) >= 11 is 0. The summed E-state index contributed by atoms with van der Waals surface area (Å²) in [7, 11) is 0. The maximum absolute atomic E-state index is 12.4. The highest BCUT2D eigenvalue weighted by Crippen LogP contribution is 2.34. The van der Waals surface area contributed by atoms with Crippen LogP contribution in [0.2, 0.25) is 0 Å². The number of benzene rings is 1. The molecule has 3 rings (SSSR count). The first-order chi connectivity index (χ1) is 9.00. The van der Waals surface area contributed by atoms with Crippen molar-refractivity contribution >= 4 is 11.8 Å². The van der Waals surface area contributed by atoms with E-state index in [1.807, 2.05) is 26.0 Å². The van der Waals surface area contributed by atoms with Gasteiger partial charge in [-0.3, -0.25) is 14.5 Å². The van der Waals surface area contributed by atoms with Crippen molar-refractivity contribution in [3.8, 4) is 0 Å². The van der Waals surface area contributed by atoms with Gasteiger partial charge < -0.3 is 5.73 Å². The monoisotopic (exact) mass is 258 g/mol. The first-order valence-electron chi connectivity index (χ1n) is 6.72. The van der Waals surface area contributed by atoms with Gasteiger partial charge in [0, 0.05) is 12.6 Å². The summed E-state index contributed by atoms with van der Waals surface area (Å²) in [5, 5.41) is 0. The number of imide groups is 1. The highest BCUT2D eigenvalue weighted by Gasteiger charge is 2.40. The van der Waals surface area contributed by atoms with Gasteiger partial charge in [-0.15, -0.1) is 0 Å². The zero-order valence-electron chi connectivity index (χ0n) is 11.3. The van der Waals surface area contributed by atoms with E-state index in [1.54, 1.807) is 0 Å². The summed E-state index contributed by atoms with van der Waals surface area (Å²) in [6.07, 6.45) is 2.23. The quantitative estimate of drug-likeness (QED) is 0.838. The molecule has 2 aliphatic rings. The minimum atomic E-state index is -0.183. The Labute approximate surface area is 112 Å². The number of amides is 2. The molecule has 2 amide bonds. The van der Waals surface area contributed by atoms with Gasteiger partial charge in [-0.1, -0.05) is 12.1 Å². The van der Waals surface area contributed by atoms with Crippen molar-refractivity contribution in [1.82, 2.24) is 4.90 Å². The van der Waals surface area contributed by atoms with Crippen molar-refractivity contribution in [3.63, 3.8) is 0 Å². The van der Waals surface area contributed by atoms with Crippen LogP contribution in [0.25, 0.3) is 0 Å². The minimum absolute atomic E-state index is 0.0807. The molecular formula is C15H18N2O2. The topological polar surface area (TPSA) is 63.4 Å². The molecule has 4 heteroatoms. The van der Waals surface area contributed by atoms with Crippen LogP contribution in [0, 0.1) is 19.8 Å². The Bertz CT molecular complexity index is 535. The molecule has 0 saturated heterocycles. The highest BCUT2D eigenvalue weighted by atomic mass is 16.2. The summed E-state index contributed by atoms with van der Waals surface area (Å²) in [6.45, 7) is 4.08. The molecule has 1 saturated carbocycles. The van der Waals surface area contributed by atoms with Crippen LogP contribution < -0.4 is 5.73 Å². The van der Waals surface area contributed by atoms with Gasteiger partial charge in [0.1, 0.15) is 0 Å². The van der Waals surface area contributed by atoms with Gasteiger partial charge in [-0.25, -0.2) is 0 Å². The van der Waals surface area contributed by atoms with E-state index in [0.717, 1.165) is 24.0 Å². The average molecular weight is 258 g/mol. The molecule has 1 atom stereocenters. The molecule has 0 radical (unpaired) electrons. The lowest BCUT2D eigenvalue weighted by molar-refractivity contribution is 0.0641. The lowest BCUT2D eigenvalue weighted by atomic mass is 9.99. The molecule has 0 bridgehead atoms. The second kappa shape index (κ2) is 4.17. The Morgan fingerprint density at radius 1 is 1.16 bits per heavy atom. The van der Waals surface area contributed by atoms with Crippen molar-refractivity contribution < 1.29 is 9.59 Å². The molecule has 1 fully saturated rings. The smallest absolute Gasteiger partial charge is 0.261 e. The van der Waals surface area contributed by atoms with Crippen LogP contribution in [0.4, 0.5) is 0 Å². The third-order valence-electron chi connectivity index (χ3n) is 4.16. The van der Waals surface area contributed by atoms with Crippen molar-refractivity contribution in [2.45, 2.75) is 32.7 Å². The van der Waals surface area contributed by atoms with E-state index in [2.05, 4.69) is 0 Å². The second-order valence-electron chi connectivity index (χ2n) is 5.67. The van der Waals surface area contributed by atoms with Gasteiger partial charge in [0.2, 0.25) is 0 Å². The third kappa shape index (κ3) is 1.87. The lowest BCUT2D eigenvalue weighted by Gasteiger charge is -2.18. The Morgan fingerprint density at radius 3 is 2.05 bits per heavy atom. The van der Waals surface area contributed by atoms with Gasteiger partial charge >= 0.3 is 0 Å². The van der Waals surface area contributed by atoms with Gasteiger partial charge in [0.15, 0.2) is 0 Å². The van der Waals surface area contributed by atoms with E-state index in [1.165, 1.54) is 4.90 Å². The molecule has 0 spiro atoms. The van der Waals surface area contributed by atoms with Crippen molar-refractivity contribution in [2.24, 2.45) is 11.7 Å². The van der Waals surface area contributed by atoms with Crippen LogP contribution in [-0.4, -0.2) is 29.3 Å². The fourth-order valence-corrected chi connectivity index (χ4v) is 2.77. The minimum Gasteiger partial charge on any atom is -0.326 e. The molecule has 1 aromatic rings. The van der Waals surface area contributed by atoms with Gasteiger partial charge in [0.05, 0.1) is 11.1 Å². The van der Waals surface area contributed by atoms with Gasteiger partial charge in [0.25, 0.3) is 11.8 Å². The molecular weight excluding hydrogens is 240 g/mol. The normalized spacial score (nSPS) is 19.8. The highest BCUT2D eigenvalue weighted by molar-refractivity contribution is 6.22. The number of carbonyl (C=O) groups excluding carboxylic acids is 2. The first kappa shape index (κ1) is 12.4. The number of carbonyl (C=O) groups is 2. The van der Waals surface area contributed by atoms with Crippen LogP contribution >= 0.6 is 0 Å². The predicted molar refractivity (Wildman–Crippen MR) is 72.0 cm³/mol. The summed E-state index contributed by atoms with van der Waals surface area (Å²) < 4.78 is 0. The molecule has 4 nitrogen and oxygen atoms in total. The van der Waals surface area contributed by atoms with Crippen LogP contribution in [-0.2, 0) is 0 Å². The summed E-state index contributed by atoms with van der Waals surface area (Å²) in [4.78, 5) is 26.1. The molecule has 1 aromatic carbocycles. The van der Waals surface area contributed by atoms with Gasteiger partial charge in [-0.2, -0.15) is 0 Å². The molecule has 0 aromatic heterocycles. The number of fused-ring (bicyclic) bond motifs is 1. The summed E-state index contributed by atoms with van der Waals surface area (Å²) in [6, 6.07) is 3.70. The molecule has 1 aliphatic heterocycles. The van der Waals surface area contributed by atoms with E-state index in [-0.39, 0.29) is 17.9 Å². The molecule has 1 unspecified atom stereocenters. The Kier molecular flexibility index (Phi) is 2.71. The van der Waals surface area contributed by atoms with E-state index < -0.39 is 0 Å². The standard InChI is InChI=1S/C15H18N2O2/c1-8-3-4-9(2)13-12(8)14(18)17(15(13)19)7-11(16)10-5-6-10/h3-4,10-11H,5-7,16H2,1-2H3. The maximum Gasteiger partial charge on any atom is 0.261 e. The largest absolute Gasteiger partial charge is 0.326 e. The summed E-state index contributed by atoms with van der Waals surface area (Å²) in [5.74, 6) is 0.112. The van der Waals surface area contributed by atoms with Crippen LogP contribution in [0.15, 0.2) is 12.1 Å². The predicted octanol–water partition coefficient (Wildman–Crippen LogP) is 1.64. The molecule has 1 heterocycles. The van der Waals surface area contributed by atoms with Crippen molar-refractivity contribution in [1.29, 1.82) is 0 Å². The number of rotatable bonds is 3. The Morgan fingerprint density at radius 2 is 1.63 bits per heavy atom. The van der Waals surface area contributed by atoms with E-state index in [9.17, 15) is 9.59 Å². The molecule has 19 heavy (non-hydrogen) atoms. The molecule has 2 N–H and O–H groups in total. The third-order valence-corrected chi connectivity index (χ3v) is 4.16. The molecule has 100 valence electrons. The summed E-state index contributed by atoms with van der Waals surface area (Å²) in [5.41, 5.74) is 8.90. The van der Waals surface area contributed by atoms with Crippen molar-refractivity contribution in [2.75, 3.05) is 6.54 Å². The van der Waals surface area contributed by atoms with Crippen molar-refractivity contribution in [3.05, 3.63) is 34.4 Å². The number of hydrogen-bond donors (Lipinski definition) is 1. The Hall–Kier alpha value is -1.68. The fraction of sp³-hybridized carbons (Fsp3) is 0.467. The van der Waals surface area contributed by atoms with E-state index >= 15 is 0 Å². The molecule has 1 aliphatic carbocycles. The lowest BCUT2D eigenvalue weighted by Crippen LogP contribution is -2.42. The number of aryl methyl sites for hydroxylation is 2. The van der Waals surface area contributed by atoms with E-state index in [4.69, 9.17) is 5.73 Å². The zero-order chi connectivity index (χ0) is 13.7. The van der Waals surface area contributed by atoms with Crippen LogP contribution in [0.5, 0.6) is 0 Å². The number of hydrogen-bond acceptors (Lipinski definition) is 3.